The summed E-state index contributed by atoms with van der Waals surface area (Å²) in [6.07, 6.45) is 1.70. The van der Waals surface area contributed by atoms with Crippen LogP contribution in [-0.4, -0.2) is 51.4 Å². The third kappa shape index (κ3) is 9.11. The molecule has 0 unspecified atom stereocenters. The number of hydrogen-bond donors (Lipinski definition) is 1. The predicted octanol–water partition coefficient (Wildman–Crippen LogP) is 6.55. The van der Waals surface area contributed by atoms with Crippen LogP contribution in [0, 0.1) is 12.7 Å². The maximum Gasteiger partial charge on any atom is 0.264 e. The second-order valence-electron chi connectivity index (χ2n) is 11.1. The topological polar surface area (TPSA) is 96.0 Å². The fourth-order valence-electron chi connectivity index (χ4n) is 5.05. The number of methoxy groups -OCH3 is 1. The van der Waals surface area contributed by atoms with Gasteiger partial charge in [-0.15, -0.1) is 0 Å². The Bertz CT molecular complexity index is 1770. The molecular formula is C36H39ClFN3O5S. The highest BCUT2D eigenvalue weighted by molar-refractivity contribution is 7.92. The Balaban J connectivity index is 1.82. The van der Waals surface area contributed by atoms with E-state index in [0.29, 0.717) is 12.3 Å². The SMILES string of the molecule is CCCCNC(=O)[C@H](Cc1ccccc1)N(Cc1ccccc1F)C(=O)CN(c1ccc(OC)c(Cl)c1)S(=O)(=O)c1ccc(C)cc1. The number of unbranched alkanes of at least 4 members (excludes halogenated alkanes) is 1. The number of amides is 2. The second-order valence-corrected chi connectivity index (χ2v) is 13.4. The molecule has 0 aliphatic carbocycles. The van der Waals surface area contributed by atoms with Gasteiger partial charge in [0.2, 0.25) is 11.8 Å². The molecule has 0 saturated heterocycles. The summed E-state index contributed by atoms with van der Waals surface area (Å²) >= 11 is 6.42. The zero-order chi connectivity index (χ0) is 34.0. The molecule has 4 rings (SSSR count). The van der Waals surface area contributed by atoms with Crippen LogP contribution in [0.15, 0.2) is 102 Å². The first-order valence-corrected chi connectivity index (χ1v) is 17.1. The summed E-state index contributed by atoms with van der Waals surface area (Å²) in [5, 5.41) is 3.06. The van der Waals surface area contributed by atoms with Gasteiger partial charge in [0.05, 0.1) is 22.7 Å². The van der Waals surface area contributed by atoms with Crippen LogP contribution in [0.1, 0.15) is 36.5 Å². The van der Waals surface area contributed by atoms with Gasteiger partial charge in [0.1, 0.15) is 24.2 Å². The number of nitrogens with zero attached hydrogens (tertiary/aromatic N) is 2. The first-order chi connectivity index (χ1) is 22.5. The van der Waals surface area contributed by atoms with Crippen LogP contribution in [0.4, 0.5) is 10.1 Å². The lowest BCUT2D eigenvalue weighted by Gasteiger charge is -2.34. The highest BCUT2D eigenvalue weighted by atomic mass is 35.5. The monoisotopic (exact) mass is 679 g/mol. The van der Waals surface area contributed by atoms with Gasteiger partial charge < -0.3 is 15.0 Å². The molecule has 0 heterocycles. The van der Waals surface area contributed by atoms with Crippen LogP contribution < -0.4 is 14.4 Å². The Morgan fingerprint density at radius 3 is 2.28 bits per heavy atom. The Kier molecular flexibility index (Phi) is 12.4. The number of nitrogens with one attached hydrogen (secondary N) is 1. The van der Waals surface area contributed by atoms with Gasteiger partial charge >= 0.3 is 0 Å². The van der Waals surface area contributed by atoms with Gasteiger partial charge in [-0.25, -0.2) is 12.8 Å². The van der Waals surface area contributed by atoms with Crippen LogP contribution in [0.5, 0.6) is 5.75 Å². The normalized spacial score (nSPS) is 11.9. The molecule has 4 aromatic rings. The number of carbonyl (C=O) groups is 2. The molecule has 47 heavy (non-hydrogen) atoms. The minimum Gasteiger partial charge on any atom is -0.495 e. The van der Waals surface area contributed by atoms with Gasteiger partial charge in [0.25, 0.3) is 10.0 Å². The molecule has 0 bridgehead atoms. The Hall–Kier alpha value is -4.41. The highest BCUT2D eigenvalue weighted by Crippen LogP contribution is 2.32. The number of rotatable bonds is 15. The van der Waals surface area contributed by atoms with Crippen molar-refractivity contribution in [3.05, 3.63) is 125 Å². The summed E-state index contributed by atoms with van der Waals surface area (Å²) in [6, 6.07) is 24.7. The number of sulfonamides is 1. The van der Waals surface area contributed by atoms with E-state index in [-0.39, 0.29) is 34.1 Å². The van der Waals surface area contributed by atoms with Crippen LogP contribution in [0.2, 0.25) is 5.02 Å². The lowest BCUT2D eigenvalue weighted by atomic mass is 10.0. The number of carbonyl (C=O) groups excluding carboxylic acids is 2. The first kappa shape index (κ1) is 35.4. The van der Waals surface area contributed by atoms with Crippen molar-refractivity contribution in [2.24, 2.45) is 0 Å². The minimum atomic E-state index is -4.33. The van der Waals surface area contributed by atoms with Crippen molar-refractivity contribution in [2.75, 3.05) is 24.5 Å². The molecule has 0 aromatic heterocycles. The molecule has 1 atom stereocenters. The van der Waals surface area contributed by atoms with Crippen molar-refractivity contribution in [2.45, 2.75) is 50.6 Å². The van der Waals surface area contributed by atoms with Crippen molar-refractivity contribution in [3.63, 3.8) is 0 Å². The molecule has 4 aromatic carbocycles. The van der Waals surface area contributed by atoms with Crippen molar-refractivity contribution in [1.82, 2.24) is 10.2 Å². The lowest BCUT2D eigenvalue weighted by Crippen LogP contribution is -2.53. The van der Waals surface area contributed by atoms with E-state index in [1.54, 1.807) is 18.2 Å². The number of ether oxygens (including phenoxy) is 1. The summed E-state index contributed by atoms with van der Waals surface area (Å²) < 4.78 is 49.7. The maximum absolute atomic E-state index is 15.1. The van der Waals surface area contributed by atoms with Crippen LogP contribution in [-0.2, 0) is 32.6 Å². The van der Waals surface area contributed by atoms with Crippen molar-refractivity contribution in [3.8, 4) is 5.75 Å². The molecular weight excluding hydrogens is 641 g/mol. The average molecular weight is 680 g/mol. The Morgan fingerprint density at radius 1 is 0.957 bits per heavy atom. The van der Waals surface area contributed by atoms with Gasteiger partial charge in [-0.05, 0) is 55.3 Å². The highest BCUT2D eigenvalue weighted by Gasteiger charge is 2.35. The molecule has 0 saturated carbocycles. The maximum atomic E-state index is 15.1. The van der Waals surface area contributed by atoms with E-state index in [9.17, 15) is 18.0 Å². The lowest BCUT2D eigenvalue weighted by molar-refractivity contribution is -0.140. The average Bonchev–Trinajstić information content (AvgIpc) is 3.06. The summed E-state index contributed by atoms with van der Waals surface area (Å²) in [5.41, 5.74) is 1.93. The van der Waals surface area contributed by atoms with Gasteiger partial charge in [-0.2, -0.15) is 0 Å². The van der Waals surface area contributed by atoms with Crippen molar-refractivity contribution < 1.29 is 27.1 Å². The van der Waals surface area contributed by atoms with E-state index >= 15 is 4.39 Å². The van der Waals surface area contributed by atoms with Gasteiger partial charge in [-0.3, -0.25) is 13.9 Å². The fourth-order valence-corrected chi connectivity index (χ4v) is 6.70. The quantitative estimate of drug-likeness (QED) is 0.144. The van der Waals surface area contributed by atoms with Crippen molar-refractivity contribution in [1.29, 1.82) is 0 Å². The van der Waals surface area contributed by atoms with E-state index in [0.717, 1.165) is 28.3 Å². The van der Waals surface area contributed by atoms with E-state index in [4.69, 9.17) is 16.3 Å². The summed E-state index contributed by atoms with van der Waals surface area (Å²) in [5.74, 6) is -1.36. The van der Waals surface area contributed by atoms with Crippen LogP contribution >= 0.6 is 11.6 Å². The molecule has 0 aliphatic heterocycles. The van der Waals surface area contributed by atoms with E-state index in [2.05, 4.69) is 5.32 Å². The molecule has 1 N–H and O–H groups in total. The van der Waals surface area contributed by atoms with Crippen LogP contribution in [0.25, 0.3) is 0 Å². The fraction of sp³-hybridized carbons (Fsp3) is 0.278. The number of benzene rings is 4. The van der Waals surface area contributed by atoms with E-state index < -0.39 is 40.2 Å². The van der Waals surface area contributed by atoms with Gasteiger partial charge in [-0.1, -0.05) is 91.2 Å². The third-order valence-corrected chi connectivity index (χ3v) is 9.79. The molecule has 11 heteroatoms. The third-order valence-electron chi connectivity index (χ3n) is 7.71. The first-order valence-electron chi connectivity index (χ1n) is 15.3. The van der Waals surface area contributed by atoms with Gasteiger partial charge in [0.15, 0.2) is 0 Å². The van der Waals surface area contributed by atoms with E-state index in [1.807, 2.05) is 44.2 Å². The van der Waals surface area contributed by atoms with Crippen LogP contribution in [0.3, 0.4) is 0 Å². The largest absolute Gasteiger partial charge is 0.495 e. The Labute approximate surface area is 281 Å². The number of hydrogen-bond acceptors (Lipinski definition) is 5. The zero-order valence-electron chi connectivity index (χ0n) is 26.7. The Morgan fingerprint density at radius 2 is 1.64 bits per heavy atom. The molecule has 0 radical (unpaired) electrons. The number of anilines is 1. The summed E-state index contributed by atoms with van der Waals surface area (Å²) in [6.45, 7) is 3.25. The smallest absolute Gasteiger partial charge is 0.264 e. The second kappa shape index (κ2) is 16.4. The number of halogens is 2. The molecule has 8 nitrogen and oxygen atoms in total. The number of aryl methyl sites for hydroxylation is 1. The summed E-state index contributed by atoms with van der Waals surface area (Å²) in [7, 11) is -2.89. The van der Waals surface area contributed by atoms with E-state index in [1.165, 1.54) is 60.5 Å². The van der Waals surface area contributed by atoms with Crippen molar-refractivity contribution >= 4 is 39.1 Å². The molecule has 2 amide bonds. The molecule has 248 valence electrons. The molecule has 0 fully saturated rings. The predicted molar refractivity (Wildman–Crippen MR) is 183 cm³/mol. The molecule has 0 spiro atoms. The zero-order valence-corrected chi connectivity index (χ0v) is 28.2. The summed E-state index contributed by atoms with van der Waals surface area (Å²) in [4.78, 5) is 29.5. The molecule has 0 aliphatic rings. The minimum absolute atomic E-state index is 0.0401. The van der Waals surface area contributed by atoms with Gasteiger partial charge in [0, 0.05) is 25.1 Å². The standard InChI is InChI=1S/C36H39ClFN3O5S/c1-4-5-21-39-36(43)33(22-27-11-7-6-8-12-27)40(24-28-13-9-10-14-32(28)38)35(42)25-41(29-17-20-34(46-3)31(37)23-29)47(44,45)30-18-15-26(2)16-19-30/h6-20,23,33H,4-5,21-22,24-25H2,1-3H3,(H,39,43)/t33-/m0/s1.